The number of nitro groups is 1. The third-order valence-corrected chi connectivity index (χ3v) is 4.54. The number of nitrogens with one attached hydrogen (secondary N) is 1. The molecule has 2 aromatic carbocycles. The lowest BCUT2D eigenvalue weighted by atomic mass is 9.98. The minimum absolute atomic E-state index is 0.0312. The van der Waals surface area contributed by atoms with Crippen LogP contribution in [0.3, 0.4) is 0 Å². The van der Waals surface area contributed by atoms with E-state index in [1.54, 1.807) is 31.2 Å². The third kappa shape index (κ3) is 3.52. The predicted octanol–water partition coefficient (Wildman–Crippen LogP) is 3.55. The van der Waals surface area contributed by atoms with Crippen molar-refractivity contribution in [1.82, 2.24) is 0 Å². The molecule has 0 bridgehead atoms. The zero-order valence-corrected chi connectivity index (χ0v) is 14.7. The number of hydrogen-bond donors (Lipinski definition) is 1. The number of anilines is 2. The zero-order chi connectivity index (χ0) is 18.8. The minimum Gasteiger partial charge on any atom is -0.324 e. The van der Waals surface area contributed by atoms with E-state index in [2.05, 4.69) is 5.32 Å². The van der Waals surface area contributed by atoms with Crippen LogP contribution in [0.15, 0.2) is 42.5 Å². The van der Waals surface area contributed by atoms with Gasteiger partial charge in [-0.3, -0.25) is 24.6 Å². The second kappa shape index (κ2) is 7.13. The van der Waals surface area contributed by atoms with E-state index >= 15 is 0 Å². The Kier molecular flexibility index (Phi) is 4.90. The molecule has 1 aliphatic rings. The van der Waals surface area contributed by atoms with Gasteiger partial charge in [-0.05, 0) is 49.2 Å². The van der Waals surface area contributed by atoms with Crippen LogP contribution in [0.2, 0.25) is 5.02 Å². The third-order valence-electron chi connectivity index (χ3n) is 4.29. The van der Waals surface area contributed by atoms with E-state index in [0.717, 1.165) is 0 Å². The summed E-state index contributed by atoms with van der Waals surface area (Å²) in [6, 6.07) is 10.2. The first-order chi connectivity index (χ1) is 12.4. The lowest BCUT2D eigenvalue weighted by Gasteiger charge is -2.33. The number of carbonyl (C=O) groups is 2. The summed E-state index contributed by atoms with van der Waals surface area (Å²) in [6.07, 6.45) is 0.616. The van der Waals surface area contributed by atoms with Gasteiger partial charge in [0.25, 0.3) is 5.69 Å². The number of rotatable bonds is 4. The Bertz CT molecular complexity index is 883. The average molecular weight is 374 g/mol. The molecule has 2 aromatic rings. The molecule has 0 aromatic heterocycles. The highest BCUT2D eigenvalue weighted by Gasteiger charge is 2.32. The number of carbonyl (C=O) groups excluding carboxylic acids is 2. The summed E-state index contributed by atoms with van der Waals surface area (Å²) in [7, 11) is 0. The van der Waals surface area contributed by atoms with E-state index in [1.807, 2.05) is 0 Å². The summed E-state index contributed by atoms with van der Waals surface area (Å²) in [5.74, 6) is -0.544. The highest BCUT2D eigenvalue weighted by atomic mass is 35.5. The summed E-state index contributed by atoms with van der Waals surface area (Å²) in [5, 5.41) is 14.3. The predicted molar refractivity (Wildman–Crippen MR) is 98.4 cm³/mol. The SMILES string of the molecule is CC(C(=O)Nc1ccc(Cl)cc1)N1C(=O)CCc2cc([N+](=O)[O-])ccc21. The number of nitrogens with zero attached hydrogens (tertiary/aromatic N) is 2. The van der Waals surface area contributed by atoms with Gasteiger partial charge in [0, 0.05) is 35.0 Å². The molecule has 1 atom stereocenters. The largest absolute Gasteiger partial charge is 0.324 e. The van der Waals surface area contributed by atoms with Crippen molar-refractivity contribution in [2.24, 2.45) is 0 Å². The number of benzene rings is 2. The fourth-order valence-corrected chi connectivity index (χ4v) is 3.06. The van der Waals surface area contributed by atoms with Crippen molar-refractivity contribution in [2.75, 3.05) is 10.2 Å². The summed E-state index contributed by atoms with van der Waals surface area (Å²) in [5.41, 5.74) is 1.76. The highest BCUT2D eigenvalue weighted by Crippen LogP contribution is 2.32. The van der Waals surface area contributed by atoms with Crippen molar-refractivity contribution in [3.63, 3.8) is 0 Å². The molecule has 0 saturated heterocycles. The monoisotopic (exact) mass is 373 g/mol. The van der Waals surface area contributed by atoms with Crippen molar-refractivity contribution >= 4 is 40.5 Å². The Balaban J connectivity index is 1.85. The molecule has 1 unspecified atom stereocenters. The molecular weight excluding hydrogens is 358 g/mol. The molecule has 0 saturated carbocycles. The molecule has 3 rings (SSSR count). The van der Waals surface area contributed by atoms with Crippen LogP contribution in [0.5, 0.6) is 0 Å². The summed E-state index contributed by atoms with van der Waals surface area (Å²) in [4.78, 5) is 36.9. The molecular formula is C18H16ClN3O4. The van der Waals surface area contributed by atoms with Crippen LogP contribution >= 0.6 is 11.6 Å². The van der Waals surface area contributed by atoms with Crippen molar-refractivity contribution in [3.8, 4) is 0 Å². The van der Waals surface area contributed by atoms with Crippen LogP contribution < -0.4 is 10.2 Å². The van der Waals surface area contributed by atoms with Gasteiger partial charge in [-0.2, -0.15) is 0 Å². The van der Waals surface area contributed by atoms with Crippen molar-refractivity contribution in [3.05, 3.63) is 63.2 Å². The zero-order valence-electron chi connectivity index (χ0n) is 13.9. The quantitative estimate of drug-likeness (QED) is 0.655. The second-order valence-corrected chi connectivity index (χ2v) is 6.44. The summed E-state index contributed by atoms with van der Waals surface area (Å²) < 4.78 is 0. The summed E-state index contributed by atoms with van der Waals surface area (Å²) >= 11 is 5.83. The minimum atomic E-state index is -0.765. The van der Waals surface area contributed by atoms with Crippen LogP contribution in [-0.2, 0) is 16.0 Å². The number of halogens is 1. The molecule has 1 heterocycles. The molecule has 2 amide bonds. The Labute approximate surface area is 154 Å². The second-order valence-electron chi connectivity index (χ2n) is 6.01. The maximum atomic E-state index is 12.6. The van der Waals surface area contributed by atoms with Gasteiger partial charge in [0.2, 0.25) is 11.8 Å². The first kappa shape index (κ1) is 17.9. The van der Waals surface area contributed by atoms with Gasteiger partial charge >= 0.3 is 0 Å². The molecule has 26 heavy (non-hydrogen) atoms. The number of fused-ring (bicyclic) bond motifs is 1. The average Bonchev–Trinajstić information content (AvgIpc) is 2.62. The number of non-ortho nitro benzene ring substituents is 1. The smallest absolute Gasteiger partial charge is 0.269 e. The first-order valence-electron chi connectivity index (χ1n) is 8.02. The fourth-order valence-electron chi connectivity index (χ4n) is 2.94. The van der Waals surface area contributed by atoms with E-state index in [0.29, 0.717) is 28.4 Å². The van der Waals surface area contributed by atoms with Crippen molar-refractivity contribution < 1.29 is 14.5 Å². The van der Waals surface area contributed by atoms with Gasteiger partial charge in [0.15, 0.2) is 0 Å². The van der Waals surface area contributed by atoms with Gasteiger partial charge in [-0.15, -0.1) is 0 Å². The number of nitro benzene ring substituents is 1. The van der Waals surface area contributed by atoms with E-state index in [9.17, 15) is 19.7 Å². The number of aryl methyl sites for hydroxylation is 1. The van der Waals surface area contributed by atoms with E-state index in [1.165, 1.54) is 23.1 Å². The van der Waals surface area contributed by atoms with Gasteiger partial charge in [-0.25, -0.2) is 0 Å². The van der Waals surface area contributed by atoms with E-state index in [4.69, 9.17) is 11.6 Å². The molecule has 7 nitrogen and oxygen atoms in total. The summed E-state index contributed by atoms with van der Waals surface area (Å²) in [6.45, 7) is 1.62. The van der Waals surface area contributed by atoms with Crippen molar-refractivity contribution in [1.29, 1.82) is 0 Å². The molecule has 8 heteroatoms. The lowest BCUT2D eigenvalue weighted by Crippen LogP contribution is -2.47. The van der Waals surface area contributed by atoms with Gasteiger partial charge in [0.05, 0.1) is 4.92 Å². The fraction of sp³-hybridized carbons (Fsp3) is 0.222. The maximum Gasteiger partial charge on any atom is 0.269 e. The topological polar surface area (TPSA) is 92.6 Å². The van der Waals surface area contributed by atoms with Crippen LogP contribution in [0.25, 0.3) is 0 Å². The van der Waals surface area contributed by atoms with Crippen LogP contribution in [0, 0.1) is 10.1 Å². The van der Waals surface area contributed by atoms with E-state index in [-0.39, 0.29) is 23.9 Å². The molecule has 1 aliphatic heterocycles. The van der Waals surface area contributed by atoms with Crippen molar-refractivity contribution in [2.45, 2.75) is 25.8 Å². The number of amides is 2. The Morgan fingerprint density at radius 3 is 2.58 bits per heavy atom. The molecule has 0 fully saturated rings. The molecule has 0 spiro atoms. The molecule has 0 aliphatic carbocycles. The van der Waals surface area contributed by atoms with Crippen LogP contribution in [0.1, 0.15) is 18.9 Å². The van der Waals surface area contributed by atoms with Gasteiger partial charge in [0.1, 0.15) is 6.04 Å². The van der Waals surface area contributed by atoms with Gasteiger partial charge in [-0.1, -0.05) is 11.6 Å². The first-order valence-corrected chi connectivity index (χ1v) is 8.40. The normalized spacial score (nSPS) is 14.5. The standard InChI is InChI=1S/C18H16ClN3O4/c1-11(18(24)20-14-5-3-13(19)4-6-14)21-16-8-7-15(22(25)26)10-12(16)2-9-17(21)23/h3-8,10-11H,2,9H2,1H3,(H,20,24). The highest BCUT2D eigenvalue weighted by molar-refractivity contribution is 6.30. The lowest BCUT2D eigenvalue weighted by molar-refractivity contribution is -0.384. The molecule has 1 N–H and O–H groups in total. The van der Waals surface area contributed by atoms with Gasteiger partial charge < -0.3 is 5.32 Å². The van der Waals surface area contributed by atoms with Crippen LogP contribution in [0.4, 0.5) is 17.1 Å². The maximum absolute atomic E-state index is 12.6. The number of hydrogen-bond acceptors (Lipinski definition) is 4. The molecule has 134 valence electrons. The van der Waals surface area contributed by atoms with Crippen LogP contribution in [-0.4, -0.2) is 22.8 Å². The molecule has 0 radical (unpaired) electrons. The Morgan fingerprint density at radius 2 is 1.92 bits per heavy atom. The Morgan fingerprint density at radius 1 is 1.23 bits per heavy atom. The Hall–Kier alpha value is -2.93. The van der Waals surface area contributed by atoms with E-state index < -0.39 is 11.0 Å².